The Labute approximate surface area is 244 Å². The molecule has 0 aliphatic carbocycles. The number of hydrogen-bond donors (Lipinski definition) is 9. The molecule has 0 aromatic carbocycles. The number of carbonyl (C=O) groups excluding carboxylic acids is 5. The maximum Gasteiger partial charge on any atom is 0.325 e. The molecular weight excluding hydrogens is 552 g/mol. The molecule has 0 aromatic rings. The van der Waals surface area contributed by atoms with Crippen LogP contribution in [-0.4, -0.2) is 108 Å². The summed E-state index contributed by atoms with van der Waals surface area (Å²) in [7, 11) is 0. The lowest BCUT2D eigenvalue weighted by atomic mass is 10.00. The second kappa shape index (κ2) is 19.2. The van der Waals surface area contributed by atoms with E-state index < -0.39 is 66.2 Å². The van der Waals surface area contributed by atoms with Crippen molar-refractivity contribution in [1.29, 1.82) is 0 Å². The van der Waals surface area contributed by atoms with Crippen LogP contribution >= 0.6 is 0 Å². The highest BCUT2D eigenvalue weighted by Gasteiger charge is 2.35. The molecule has 13 N–H and O–H groups in total. The van der Waals surface area contributed by atoms with Crippen molar-refractivity contribution in [3.8, 4) is 0 Å². The van der Waals surface area contributed by atoms with Crippen molar-refractivity contribution in [3.05, 3.63) is 0 Å². The van der Waals surface area contributed by atoms with E-state index in [0.29, 0.717) is 45.1 Å². The van der Waals surface area contributed by atoms with E-state index >= 15 is 0 Å². The van der Waals surface area contributed by atoms with Gasteiger partial charge in [-0.2, -0.15) is 0 Å². The monoisotopic (exact) mass is 598 g/mol. The molecule has 42 heavy (non-hydrogen) atoms. The number of nitrogens with one attached hydrogen (secondary N) is 4. The number of hydrogen-bond acceptors (Lipinski definition) is 9. The number of carboxylic acids is 1. The van der Waals surface area contributed by atoms with E-state index in [-0.39, 0.29) is 38.4 Å². The second-order valence-corrected chi connectivity index (χ2v) is 10.0. The third-order valence-corrected chi connectivity index (χ3v) is 6.63. The van der Waals surface area contributed by atoms with Gasteiger partial charge in [0.2, 0.25) is 29.5 Å². The van der Waals surface area contributed by atoms with Crippen molar-refractivity contribution < 1.29 is 33.9 Å². The number of guanidine groups is 1. The molecule has 0 unspecified atom stereocenters. The number of carbonyl (C=O) groups is 6. The highest BCUT2D eigenvalue weighted by molar-refractivity contribution is 5.95. The van der Waals surface area contributed by atoms with Crippen molar-refractivity contribution in [1.82, 2.24) is 26.2 Å². The molecule has 1 aliphatic rings. The van der Waals surface area contributed by atoms with Gasteiger partial charge in [0.1, 0.15) is 24.2 Å². The van der Waals surface area contributed by atoms with E-state index in [9.17, 15) is 28.8 Å². The number of aliphatic imine (C=N–C) groups is 1. The molecule has 238 valence electrons. The Hall–Kier alpha value is -3.99. The highest BCUT2D eigenvalue weighted by Crippen LogP contribution is 2.18. The van der Waals surface area contributed by atoms with Gasteiger partial charge in [-0.15, -0.1) is 0 Å². The van der Waals surface area contributed by atoms with E-state index in [4.69, 9.17) is 28.0 Å². The fourth-order valence-corrected chi connectivity index (χ4v) is 4.32. The Morgan fingerprint density at radius 1 is 0.929 bits per heavy atom. The topological polar surface area (TPSA) is 290 Å². The Balaban J connectivity index is 2.88. The van der Waals surface area contributed by atoms with Crippen molar-refractivity contribution in [2.75, 3.05) is 32.7 Å². The van der Waals surface area contributed by atoms with E-state index in [2.05, 4.69) is 26.3 Å². The number of piperidine rings is 1. The number of likely N-dealkylation sites (tertiary alicyclic amines) is 1. The van der Waals surface area contributed by atoms with Crippen LogP contribution in [-0.2, 0) is 28.8 Å². The van der Waals surface area contributed by atoms with Gasteiger partial charge in [0.15, 0.2) is 5.96 Å². The molecule has 17 nitrogen and oxygen atoms in total. The second-order valence-electron chi connectivity index (χ2n) is 10.0. The van der Waals surface area contributed by atoms with Crippen molar-refractivity contribution in [3.63, 3.8) is 0 Å². The Morgan fingerprint density at radius 3 is 2.21 bits per heavy atom. The van der Waals surface area contributed by atoms with Gasteiger partial charge in [-0.05, 0) is 64.8 Å². The fraction of sp³-hybridized carbons (Fsp3) is 0.720. The number of nitrogens with two attached hydrogens (primary N) is 4. The predicted molar refractivity (Wildman–Crippen MR) is 153 cm³/mol. The lowest BCUT2D eigenvalue weighted by Gasteiger charge is -2.35. The molecule has 1 fully saturated rings. The van der Waals surface area contributed by atoms with Crippen molar-refractivity contribution in [2.24, 2.45) is 27.9 Å². The molecule has 4 atom stereocenters. The molecule has 0 aromatic heterocycles. The molecule has 0 spiro atoms. The van der Waals surface area contributed by atoms with Gasteiger partial charge in [0, 0.05) is 13.1 Å². The molecule has 5 amide bonds. The van der Waals surface area contributed by atoms with E-state index in [0.717, 1.165) is 0 Å². The number of nitrogens with zero attached hydrogens (tertiary/aromatic N) is 2. The normalized spacial score (nSPS) is 16.7. The van der Waals surface area contributed by atoms with E-state index in [1.54, 1.807) is 0 Å². The molecule has 0 bridgehead atoms. The number of aliphatic carboxylic acids is 1. The first kappa shape index (κ1) is 36.0. The number of unbranched alkanes of at least 4 members (excludes halogenated alkanes) is 1. The summed E-state index contributed by atoms with van der Waals surface area (Å²) in [5.74, 6) is -4.23. The largest absolute Gasteiger partial charge is 0.480 e. The third kappa shape index (κ3) is 13.1. The summed E-state index contributed by atoms with van der Waals surface area (Å²) in [5.41, 5.74) is 21.5. The SMILES string of the molecule is C[C@H](NC(=O)[C@H](CCCCN)NC(=O)[C@@H]1CCCCN1C(=O)CNC(=O)[C@H](CCCN=C(N)N)NC(=O)CN)C(=O)O. The van der Waals surface area contributed by atoms with Gasteiger partial charge in [-0.25, -0.2) is 0 Å². The van der Waals surface area contributed by atoms with Crippen LogP contribution in [0.1, 0.15) is 58.3 Å². The number of amides is 5. The minimum atomic E-state index is -1.22. The molecule has 0 saturated carbocycles. The molecule has 1 aliphatic heterocycles. The first-order valence-electron chi connectivity index (χ1n) is 14.1. The van der Waals surface area contributed by atoms with Crippen LogP contribution in [0.4, 0.5) is 0 Å². The number of rotatable bonds is 18. The van der Waals surface area contributed by atoms with Gasteiger partial charge >= 0.3 is 5.97 Å². The summed E-state index contributed by atoms with van der Waals surface area (Å²) in [6.07, 6.45) is 3.55. The van der Waals surface area contributed by atoms with Crippen LogP contribution in [0.5, 0.6) is 0 Å². The summed E-state index contributed by atoms with van der Waals surface area (Å²) in [6.45, 7) is 1.43. The number of carboxylic acid groups (broad SMARTS) is 1. The van der Waals surface area contributed by atoms with Gasteiger partial charge in [-0.1, -0.05) is 0 Å². The average molecular weight is 599 g/mol. The summed E-state index contributed by atoms with van der Waals surface area (Å²) in [4.78, 5) is 80.1. The molecular formula is C25H46N10O7. The van der Waals surface area contributed by atoms with Crippen LogP contribution in [0.3, 0.4) is 0 Å². The summed E-state index contributed by atoms with van der Waals surface area (Å²) in [5, 5.41) is 19.2. The van der Waals surface area contributed by atoms with Crippen LogP contribution in [0.25, 0.3) is 0 Å². The smallest absolute Gasteiger partial charge is 0.325 e. The average Bonchev–Trinajstić information content (AvgIpc) is 2.96. The first-order chi connectivity index (χ1) is 19.9. The zero-order valence-electron chi connectivity index (χ0n) is 24.1. The maximum atomic E-state index is 13.3. The standard InChI is InChI=1S/C25H46N10O7/c1-15(24(41)42)32-22(39)17(7-2-4-10-26)34-23(40)18-9-3-5-12-35(18)20(37)14-31-21(38)16(33-19(36)13-27)8-6-11-30-25(28)29/h15-18H,2-14,26-27H2,1H3,(H,31,38)(H,32,39)(H,33,36)(H,34,40)(H,41,42)(H4,28,29,30)/t15-,16-,17-,18-/m0/s1. The predicted octanol–water partition coefficient (Wildman–Crippen LogP) is -3.82. The third-order valence-electron chi connectivity index (χ3n) is 6.63. The van der Waals surface area contributed by atoms with Crippen LogP contribution in [0.2, 0.25) is 0 Å². The highest BCUT2D eigenvalue weighted by atomic mass is 16.4. The Morgan fingerprint density at radius 2 is 1.60 bits per heavy atom. The Kier molecular flexibility index (Phi) is 16.5. The first-order valence-corrected chi connectivity index (χ1v) is 14.1. The fourth-order valence-electron chi connectivity index (χ4n) is 4.32. The quantitative estimate of drug-likeness (QED) is 0.0418. The zero-order chi connectivity index (χ0) is 31.7. The molecule has 1 heterocycles. The maximum absolute atomic E-state index is 13.3. The summed E-state index contributed by atoms with van der Waals surface area (Å²) < 4.78 is 0. The molecule has 0 radical (unpaired) electrons. The van der Waals surface area contributed by atoms with Gasteiger partial charge in [0.05, 0.1) is 13.1 Å². The molecule has 1 rings (SSSR count). The zero-order valence-corrected chi connectivity index (χ0v) is 24.1. The minimum Gasteiger partial charge on any atom is -0.480 e. The van der Waals surface area contributed by atoms with Gasteiger partial charge in [0.25, 0.3) is 0 Å². The lowest BCUT2D eigenvalue weighted by Crippen LogP contribution is -2.58. The summed E-state index contributed by atoms with van der Waals surface area (Å²) >= 11 is 0. The van der Waals surface area contributed by atoms with Gasteiger partial charge in [-0.3, -0.25) is 33.8 Å². The molecule has 17 heteroatoms. The van der Waals surface area contributed by atoms with E-state index in [1.165, 1.54) is 11.8 Å². The van der Waals surface area contributed by atoms with Crippen molar-refractivity contribution in [2.45, 2.75) is 82.5 Å². The summed E-state index contributed by atoms with van der Waals surface area (Å²) in [6, 6.07) is -4.05. The minimum absolute atomic E-state index is 0.106. The van der Waals surface area contributed by atoms with Crippen LogP contribution in [0.15, 0.2) is 4.99 Å². The van der Waals surface area contributed by atoms with E-state index in [1.807, 2.05) is 0 Å². The Bertz CT molecular complexity index is 973. The van der Waals surface area contributed by atoms with Crippen molar-refractivity contribution >= 4 is 41.5 Å². The van der Waals surface area contributed by atoms with Crippen LogP contribution in [0, 0.1) is 0 Å². The molecule has 1 saturated heterocycles. The van der Waals surface area contributed by atoms with Crippen LogP contribution < -0.4 is 44.2 Å². The lowest BCUT2D eigenvalue weighted by molar-refractivity contribution is -0.144. The van der Waals surface area contributed by atoms with Gasteiger partial charge < -0.3 is 54.2 Å².